The van der Waals surface area contributed by atoms with Crippen LogP contribution in [0.25, 0.3) is 0 Å². The number of nitrogens with one attached hydrogen (secondary N) is 8. The Balaban J connectivity index is 0.000000214. The van der Waals surface area contributed by atoms with Crippen LogP contribution >= 0.6 is 0 Å². The second-order valence-electron chi connectivity index (χ2n) is 18.9. The van der Waals surface area contributed by atoms with Gasteiger partial charge >= 0.3 is 0 Å². The van der Waals surface area contributed by atoms with Gasteiger partial charge in [0.15, 0.2) is 23.1 Å². The molecule has 8 amide bonds. The Morgan fingerprint density at radius 1 is 0.159 bits per heavy atom. The number of carbonyl (C=O) groups excluding carboxylic acids is 12. The maximum Gasteiger partial charge on any atom is 0.231 e. The minimum absolute atomic E-state index is 0.322. The summed E-state index contributed by atoms with van der Waals surface area (Å²) in [6.07, 6.45) is -2.58. The van der Waals surface area contributed by atoms with E-state index < -0.39 is 70.4 Å². The van der Waals surface area contributed by atoms with Gasteiger partial charge in [0, 0.05) is 45.5 Å². The Bertz CT molecular complexity index is 2860. The summed E-state index contributed by atoms with van der Waals surface area (Å²) < 4.78 is 0. The Hall–Kier alpha value is -11.8. The highest BCUT2D eigenvalue weighted by Crippen LogP contribution is 2.13. The molecule has 0 atom stereocenters. The van der Waals surface area contributed by atoms with Crippen molar-refractivity contribution in [1.29, 1.82) is 0 Å². The van der Waals surface area contributed by atoms with Crippen LogP contribution in [0.4, 0.5) is 45.5 Å². The SMILES string of the molecule is O=C(CC(=O)Nc1ccccc1)CC(=O)Nc1ccccc1.O=C(CC(=O)Nc1ccccc1)CC(=O)Nc1ccccc1.O=C(CC(=O)Nc1ccccc1)CC(=O)Nc1ccccc1.O=C(CC(=O)Nc1ccccc1)CC(=O)Nc1ccccc1. The molecule has 0 aliphatic carbocycles. The van der Waals surface area contributed by atoms with Crippen molar-refractivity contribution in [1.82, 2.24) is 0 Å². The summed E-state index contributed by atoms with van der Waals surface area (Å²) in [4.78, 5) is 140. The maximum atomic E-state index is 11.7. The number of amides is 8. The van der Waals surface area contributed by atoms with Crippen molar-refractivity contribution < 1.29 is 57.5 Å². The fraction of sp³-hybridized carbons (Fsp3) is 0.118. The molecule has 0 saturated carbocycles. The fourth-order valence-corrected chi connectivity index (χ4v) is 7.50. The van der Waals surface area contributed by atoms with E-state index in [-0.39, 0.29) is 51.4 Å². The molecule has 20 heteroatoms. The van der Waals surface area contributed by atoms with Crippen molar-refractivity contribution in [3.63, 3.8) is 0 Å². The monoisotopic (exact) mass is 1180 g/mol. The van der Waals surface area contributed by atoms with Crippen molar-refractivity contribution >= 4 is 116 Å². The molecule has 88 heavy (non-hydrogen) atoms. The van der Waals surface area contributed by atoms with Crippen molar-refractivity contribution in [2.75, 3.05) is 42.5 Å². The van der Waals surface area contributed by atoms with Crippen LogP contribution in [-0.2, 0) is 57.5 Å². The standard InChI is InChI=1S/4C17H16N2O3/c4*20-15(11-16(21)18-13-7-3-1-4-8-13)12-17(22)19-14-9-5-2-6-10-14/h4*1-10H,11-12H2,(H,18,21)(H,19,22). The van der Waals surface area contributed by atoms with E-state index in [0.29, 0.717) is 45.5 Å². The predicted octanol–water partition coefficient (Wildman–Crippen LogP) is 10.5. The van der Waals surface area contributed by atoms with Gasteiger partial charge in [0.25, 0.3) is 0 Å². The smallest absolute Gasteiger partial charge is 0.231 e. The first-order chi connectivity index (χ1) is 42.5. The third-order valence-corrected chi connectivity index (χ3v) is 11.3. The zero-order chi connectivity index (χ0) is 63.1. The summed E-state index contributed by atoms with van der Waals surface area (Å²) >= 11 is 0. The third kappa shape index (κ3) is 29.4. The molecule has 20 nitrogen and oxygen atoms in total. The highest BCUT2D eigenvalue weighted by Gasteiger charge is 2.18. The number of rotatable bonds is 24. The summed E-state index contributed by atoms with van der Waals surface area (Å²) in [6.45, 7) is 0. The summed E-state index contributed by atoms with van der Waals surface area (Å²) in [5.74, 6) is -5.13. The Kier molecular flexibility index (Phi) is 29.0. The number of benzene rings is 8. The van der Waals surface area contributed by atoms with Crippen LogP contribution in [-0.4, -0.2) is 70.4 Å². The minimum Gasteiger partial charge on any atom is -0.326 e. The van der Waals surface area contributed by atoms with E-state index in [1.807, 2.05) is 48.5 Å². The summed E-state index contributed by atoms with van der Waals surface area (Å²) in [5.41, 5.74) is 4.96. The molecule has 0 aromatic heterocycles. The van der Waals surface area contributed by atoms with Gasteiger partial charge in [0.1, 0.15) is 0 Å². The topological polar surface area (TPSA) is 301 Å². The minimum atomic E-state index is -0.429. The van der Waals surface area contributed by atoms with Gasteiger partial charge in [-0.2, -0.15) is 0 Å². The molecule has 0 radical (unpaired) electrons. The number of ketones is 4. The molecular weight excluding hydrogens is 1120 g/mol. The quantitative estimate of drug-likeness (QED) is 0.0262. The first-order valence-corrected chi connectivity index (χ1v) is 27.4. The molecule has 8 N–H and O–H groups in total. The van der Waals surface area contributed by atoms with Crippen LogP contribution in [0.5, 0.6) is 0 Å². The second-order valence-corrected chi connectivity index (χ2v) is 18.9. The molecule has 0 bridgehead atoms. The molecule has 0 aliphatic heterocycles. The van der Waals surface area contributed by atoms with E-state index in [1.165, 1.54) is 0 Å². The van der Waals surface area contributed by atoms with Crippen molar-refractivity contribution in [3.05, 3.63) is 243 Å². The van der Waals surface area contributed by atoms with Gasteiger partial charge in [-0.3, -0.25) is 57.5 Å². The average molecular weight is 1190 g/mol. The molecule has 0 fully saturated rings. The summed E-state index contributed by atoms with van der Waals surface area (Å²) in [5, 5.41) is 20.8. The maximum absolute atomic E-state index is 11.7. The first-order valence-electron chi connectivity index (χ1n) is 27.4. The van der Waals surface area contributed by atoms with Crippen molar-refractivity contribution in [3.8, 4) is 0 Å². The molecule has 8 aromatic carbocycles. The average Bonchev–Trinajstić information content (AvgIpc) is 3.54. The molecule has 0 unspecified atom stereocenters. The summed E-state index contributed by atoms with van der Waals surface area (Å²) in [7, 11) is 0. The zero-order valence-corrected chi connectivity index (χ0v) is 47.6. The van der Waals surface area contributed by atoms with Crippen LogP contribution in [0.15, 0.2) is 243 Å². The first kappa shape index (κ1) is 67.0. The van der Waals surface area contributed by atoms with Crippen LogP contribution in [0, 0.1) is 0 Å². The lowest BCUT2D eigenvalue weighted by Gasteiger charge is -2.06. The largest absolute Gasteiger partial charge is 0.326 e. The van der Waals surface area contributed by atoms with E-state index in [1.54, 1.807) is 194 Å². The van der Waals surface area contributed by atoms with E-state index in [4.69, 9.17) is 0 Å². The van der Waals surface area contributed by atoms with Gasteiger partial charge in [-0.25, -0.2) is 0 Å². The predicted molar refractivity (Wildman–Crippen MR) is 338 cm³/mol. The highest BCUT2D eigenvalue weighted by atomic mass is 16.2. The van der Waals surface area contributed by atoms with Gasteiger partial charge < -0.3 is 42.5 Å². The van der Waals surface area contributed by atoms with Gasteiger partial charge in [-0.15, -0.1) is 0 Å². The van der Waals surface area contributed by atoms with Crippen LogP contribution in [0.1, 0.15) is 51.4 Å². The third-order valence-electron chi connectivity index (χ3n) is 11.3. The Morgan fingerprint density at radius 3 is 0.341 bits per heavy atom. The molecule has 0 heterocycles. The summed E-state index contributed by atoms with van der Waals surface area (Å²) in [6, 6.07) is 70.8. The zero-order valence-electron chi connectivity index (χ0n) is 47.6. The molecule has 0 spiro atoms. The Morgan fingerprint density at radius 2 is 0.250 bits per heavy atom. The highest BCUT2D eigenvalue weighted by molar-refractivity contribution is 6.14. The molecular formula is C68H64N8O12. The second kappa shape index (κ2) is 38.1. The van der Waals surface area contributed by atoms with Crippen LogP contribution in [0.2, 0.25) is 0 Å². The molecule has 0 aliphatic rings. The number of para-hydroxylation sites is 8. The van der Waals surface area contributed by atoms with Crippen molar-refractivity contribution in [2.24, 2.45) is 0 Å². The normalized spacial score (nSPS) is 9.82. The number of Topliss-reactive ketones (excluding diaryl/α,β-unsaturated/α-hetero) is 4. The van der Waals surface area contributed by atoms with Crippen molar-refractivity contribution in [2.45, 2.75) is 51.4 Å². The van der Waals surface area contributed by atoms with Gasteiger partial charge in [0.2, 0.25) is 47.3 Å². The van der Waals surface area contributed by atoms with Gasteiger partial charge in [-0.1, -0.05) is 146 Å². The van der Waals surface area contributed by atoms with Gasteiger partial charge in [0.05, 0.1) is 51.4 Å². The molecule has 0 saturated heterocycles. The van der Waals surface area contributed by atoms with E-state index >= 15 is 0 Å². The van der Waals surface area contributed by atoms with E-state index in [0.717, 1.165) is 0 Å². The molecule has 8 rings (SSSR count). The lowest BCUT2D eigenvalue weighted by molar-refractivity contribution is -0.130. The number of anilines is 8. The number of hydrogen-bond acceptors (Lipinski definition) is 12. The lowest BCUT2D eigenvalue weighted by atomic mass is 10.2. The lowest BCUT2D eigenvalue weighted by Crippen LogP contribution is -2.21. The van der Waals surface area contributed by atoms with Crippen LogP contribution < -0.4 is 42.5 Å². The van der Waals surface area contributed by atoms with E-state index in [2.05, 4.69) is 42.5 Å². The number of hydrogen-bond donors (Lipinski definition) is 8. The van der Waals surface area contributed by atoms with Gasteiger partial charge in [-0.05, 0) is 97.1 Å². The molecule has 8 aromatic rings. The molecule has 448 valence electrons. The van der Waals surface area contributed by atoms with Crippen LogP contribution in [0.3, 0.4) is 0 Å². The Labute approximate surface area is 507 Å². The number of carbonyl (C=O) groups is 12. The fourth-order valence-electron chi connectivity index (χ4n) is 7.50. The van der Waals surface area contributed by atoms with E-state index in [9.17, 15) is 57.5 Å².